The SMILES string of the molecule is COCCOC(=O)Nc1ccc(C(=O)COC(=O)C(C)NC(=O)OC(C)(C)C)cc1. The lowest BCUT2D eigenvalue weighted by molar-refractivity contribution is -0.144. The Labute approximate surface area is 175 Å². The quantitative estimate of drug-likeness (QED) is 0.268. The molecule has 1 aromatic rings. The predicted octanol–water partition coefficient (Wildman–Crippen LogP) is 2.52. The molecule has 0 spiro atoms. The number of hydrogen-bond acceptors (Lipinski definition) is 8. The lowest BCUT2D eigenvalue weighted by atomic mass is 10.1. The van der Waals surface area contributed by atoms with E-state index in [1.807, 2.05) is 0 Å². The van der Waals surface area contributed by atoms with Crippen molar-refractivity contribution < 1.29 is 38.1 Å². The van der Waals surface area contributed by atoms with Crippen molar-refractivity contribution in [3.63, 3.8) is 0 Å². The smallest absolute Gasteiger partial charge is 0.411 e. The molecule has 166 valence electrons. The van der Waals surface area contributed by atoms with Gasteiger partial charge in [-0.1, -0.05) is 0 Å². The van der Waals surface area contributed by atoms with Crippen LogP contribution in [0.2, 0.25) is 0 Å². The van der Waals surface area contributed by atoms with Crippen molar-refractivity contribution in [1.29, 1.82) is 0 Å². The Morgan fingerprint density at radius 1 is 0.967 bits per heavy atom. The highest BCUT2D eigenvalue weighted by atomic mass is 16.6. The number of ketones is 1. The van der Waals surface area contributed by atoms with E-state index in [2.05, 4.69) is 10.6 Å². The lowest BCUT2D eigenvalue weighted by Gasteiger charge is -2.21. The van der Waals surface area contributed by atoms with Crippen LogP contribution < -0.4 is 10.6 Å². The summed E-state index contributed by atoms with van der Waals surface area (Å²) >= 11 is 0. The van der Waals surface area contributed by atoms with Gasteiger partial charge in [0.25, 0.3) is 0 Å². The molecule has 1 rings (SSSR count). The third kappa shape index (κ3) is 9.87. The van der Waals surface area contributed by atoms with E-state index in [1.165, 1.54) is 38.3 Å². The number of hydrogen-bond donors (Lipinski definition) is 2. The van der Waals surface area contributed by atoms with E-state index in [0.717, 1.165) is 0 Å². The first-order chi connectivity index (χ1) is 14.0. The van der Waals surface area contributed by atoms with Gasteiger partial charge in [-0.25, -0.2) is 14.4 Å². The first-order valence-corrected chi connectivity index (χ1v) is 9.24. The molecule has 2 N–H and O–H groups in total. The Kier molecular flexibility index (Phi) is 9.76. The summed E-state index contributed by atoms with van der Waals surface area (Å²) in [6, 6.07) is 4.99. The van der Waals surface area contributed by atoms with Gasteiger partial charge in [-0.15, -0.1) is 0 Å². The summed E-state index contributed by atoms with van der Waals surface area (Å²) < 4.78 is 19.6. The number of esters is 1. The van der Waals surface area contributed by atoms with Crippen LogP contribution in [0.4, 0.5) is 15.3 Å². The number of carbonyl (C=O) groups excluding carboxylic acids is 4. The minimum Gasteiger partial charge on any atom is -0.456 e. The van der Waals surface area contributed by atoms with E-state index in [0.29, 0.717) is 5.69 Å². The van der Waals surface area contributed by atoms with Crippen LogP contribution in [0.3, 0.4) is 0 Å². The molecule has 1 unspecified atom stereocenters. The molecule has 0 bridgehead atoms. The number of nitrogens with one attached hydrogen (secondary N) is 2. The van der Waals surface area contributed by atoms with Crippen molar-refractivity contribution in [1.82, 2.24) is 5.32 Å². The van der Waals surface area contributed by atoms with Crippen LogP contribution in [0.5, 0.6) is 0 Å². The molecule has 0 heterocycles. The summed E-state index contributed by atoms with van der Waals surface area (Å²) in [5, 5.41) is 4.84. The summed E-state index contributed by atoms with van der Waals surface area (Å²) in [6.45, 7) is 6.41. The molecule has 1 atom stereocenters. The first-order valence-electron chi connectivity index (χ1n) is 9.24. The normalized spacial score (nSPS) is 11.8. The fourth-order valence-corrected chi connectivity index (χ4v) is 2.00. The van der Waals surface area contributed by atoms with Crippen molar-refractivity contribution in [2.24, 2.45) is 0 Å². The summed E-state index contributed by atoms with van der Waals surface area (Å²) in [6.07, 6.45) is -1.41. The summed E-state index contributed by atoms with van der Waals surface area (Å²) in [7, 11) is 1.49. The van der Waals surface area contributed by atoms with E-state index in [9.17, 15) is 19.2 Å². The topological polar surface area (TPSA) is 129 Å². The van der Waals surface area contributed by atoms with Gasteiger partial charge in [0, 0.05) is 18.4 Å². The Morgan fingerprint density at radius 2 is 1.60 bits per heavy atom. The van der Waals surface area contributed by atoms with Crippen LogP contribution >= 0.6 is 0 Å². The zero-order chi connectivity index (χ0) is 22.7. The average molecular weight is 424 g/mol. The van der Waals surface area contributed by atoms with Crippen LogP contribution in [-0.4, -0.2) is 62.5 Å². The molecule has 0 aliphatic rings. The van der Waals surface area contributed by atoms with Crippen molar-refractivity contribution in [3.8, 4) is 0 Å². The molecule has 0 saturated carbocycles. The van der Waals surface area contributed by atoms with E-state index in [1.54, 1.807) is 20.8 Å². The second-order valence-corrected chi connectivity index (χ2v) is 7.23. The average Bonchev–Trinajstić information content (AvgIpc) is 2.65. The number of carbonyl (C=O) groups is 4. The fourth-order valence-electron chi connectivity index (χ4n) is 2.00. The lowest BCUT2D eigenvalue weighted by Crippen LogP contribution is -2.42. The van der Waals surface area contributed by atoms with Crippen LogP contribution in [0.1, 0.15) is 38.1 Å². The maximum Gasteiger partial charge on any atom is 0.411 e. The molecule has 0 aliphatic heterocycles. The highest BCUT2D eigenvalue weighted by Crippen LogP contribution is 2.11. The molecule has 10 heteroatoms. The number of methoxy groups -OCH3 is 1. The Balaban J connectivity index is 2.46. The minimum atomic E-state index is -0.983. The van der Waals surface area contributed by atoms with Gasteiger partial charge in [0.05, 0.1) is 6.61 Å². The predicted molar refractivity (Wildman–Crippen MR) is 107 cm³/mol. The van der Waals surface area contributed by atoms with Gasteiger partial charge in [-0.2, -0.15) is 0 Å². The largest absolute Gasteiger partial charge is 0.456 e. The summed E-state index contributed by atoms with van der Waals surface area (Å²) in [5.74, 6) is -1.21. The third-order valence-corrected chi connectivity index (χ3v) is 3.41. The molecule has 0 aliphatic carbocycles. The summed E-state index contributed by atoms with van der Waals surface area (Å²) in [4.78, 5) is 47.3. The molecule has 0 fully saturated rings. The van der Waals surface area contributed by atoms with Crippen molar-refractivity contribution in [3.05, 3.63) is 29.8 Å². The third-order valence-electron chi connectivity index (χ3n) is 3.41. The number of anilines is 1. The monoisotopic (exact) mass is 424 g/mol. The van der Waals surface area contributed by atoms with Gasteiger partial charge < -0.3 is 24.3 Å². The molecule has 1 aromatic carbocycles. The number of rotatable bonds is 9. The van der Waals surface area contributed by atoms with Gasteiger partial charge in [-0.05, 0) is 52.0 Å². The molecule has 0 saturated heterocycles. The zero-order valence-electron chi connectivity index (χ0n) is 17.8. The summed E-state index contributed by atoms with van der Waals surface area (Å²) in [5.41, 5.74) is 0.0146. The number of amides is 2. The zero-order valence-corrected chi connectivity index (χ0v) is 17.8. The molecule has 10 nitrogen and oxygen atoms in total. The van der Waals surface area contributed by atoms with E-state index in [4.69, 9.17) is 18.9 Å². The van der Waals surface area contributed by atoms with Crippen LogP contribution in [0.25, 0.3) is 0 Å². The van der Waals surface area contributed by atoms with Gasteiger partial charge >= 0.3 is 18.2 Å². The highest BCUT2D eigenvalue weighted by Gasteiger charge is 2.22. The maximum atomic E-state index is 12.2. The molecule has 30 heavy (non-hydrogen) atoms. The van der Waals surface area contributed by atoms with Crippen molar-refractivity contribution in [2.45, 2.75) is 39.3 Å². The Hall–Kier alpha value is -3.14. The molecule has 2 amide bonds. The second kappa shape index (κ2) is 11.8. The van der Waals surface area contributed by atoms with E-state index >= 15 is 0 Å². The maximum absolute atomic E-state index is 12.2. The number of Topliss-reactive ketones (excluding diaryl/α,β-unsaturated/α-hetero) is 1. The number of benzene rings is 1. The standard InChI is InChI=1S/C20H28N2O8/c1-13(21-19(26)30-20(2,3)4)17(24)29-12-16(23)14-6-8-15(9-7-14)22-18(25)28-11-10-27-5/h6-9,13H,10-12H2,1-5H3,(H,21,26)(H,22,25). The van der Waals surface area contributed by atoms with Crippen molar-refractivity contribution in [2.75, 3.05) is 32.2 Å². The van der Waals surface area contributed by atoms with E-state index < -0.39 is 42.2 Å². The number of ether oxygens (including phenoxy) is 4. The molecule has 0 aromatic heterocycles. The van der Waals surface area contributed by atoms with Gasteiger partial charge in [-0.3, -0.25) is 10.1 Å². The first kappa shape index (κ1) is 24.9. The van der Waals surface area contributed by atoms with Gasteiger partial charge in [0.15, 0.2) is 12.4 Å². The van der Waals surface area contributed by atoms with Crippen molar-refractivity contribution >= 4 is 29.6 Å². The number of alkyl carbamates (subject to hydrolysis) is 1. The van der Waals surface area contributed by atoms with Crippen LogP contribution in [0, 0.1) is 0 Å². The van der Waals surface area contributed by atoms with E-state index in [-0.39, 0.29) is 18.8 Å². The van der Waals surface area contributed by atoms with Crippen LogP contribution in [0.15, 0.2) is 24.3 Å². The molecule has 0 radical (unpaired) electrons. The van der Waals surface area contributed by atoms with Crippen LogP contribution in [-0.2, 0) is 23.7 Å². The second-order valence-electron chi connectivity index (χ2n) is 7.23. The highest BCUT2D eigenvalue weighted by molar-refractivity contribution is 5.98. The Bertz CT molecular complexity index is 740. The fraction of sp³-hybridized carbons (Fsp3) is 0.500. The Morgan fingerprint density at radius 3 is 2.17 bits per heavy atom. The molecular formula is C20H28N2O8. The van der Waals surface area contributed by atoms with Gasteiger partial charge in [0.2, 0.25) is 0 Å². The molecular weight excluding hydrogens is 396 g/mol. The minimum absolute atomic E-state index is 0.117. The van der Waals surface area contributed by atoms with Gasteiger partial charge in [0.1, 0.15) is 18.2 Å².